The number of nitrogens with zero attached hydrogens (tertiary/aromatic N) is 2. The van der Waals surface area contributed by atoms with Gasteiger partial charge in [0.2, 0.25) is 5.82 Å². The SMILES string of the molecule is FC(F)(F)c1cc(Cl)c2cnc(C(F)(F)F)n2c1. The van der Waals surface area contributed by atoms with Crippen LogP contribution in [0, 0.1) is 0 Å². The van der Waals surface area contributed by atoms with Crippen LogP contribution in [0.25, 0.3) is 5.52 Å². The van der Waals surface area contributed by atoms with E-state index in [1.165, 1.54) is 0 Å². The van der Waals surface area contributed by atoms with Gasteiger partial charge in [-0.3, -0.25) is 4.40 Å². The van der Waals surface area contributed by atoms with E-state index in [9.17, 15) is 26.3 Å². The number of imidazole rings is 1. The van der Waals surface area contributed by atoms with Crippen molar-refractivity contribution < 1.29 is 26.3 Å². The third-order valence-electron chi connectivity index (χ3n) is 2.17. The molecular weight excluding hydrogens is 286 g/mol. The molecule has 0 bridgehead atoms. The van der Waals surface area contributed by atoms with E-state index in [2.05, 4.69) is 4.98 Å². The van der Waals surface area contributed by atoms with Crippen molar-refractivity contribution in [2.75, 3.05) is 0 Å². The average Bonchev–Trinajstić information content (AvgIpc) is 2.59. The molecule has 2 aromatic heterocycles. The highest BCUT2D eigenvalue weighted by Gasteiger charge is 2.38. The van der Waals surface area contributed by atoms with Crippen LogP contribution in [0.3, 0.4) is 0 Å². The molecular formula is C9H3ClF6N2. The van der Waals surface area contributed by atoms with Crippen LogP contribution < -0.4 is 0 Å². The molecule has 0 N–H and O–H groups in total. The predicted molar refractivity (Wildman–Crippen MR) is 50.2 cm³/mol. The van der Waals surface area contributed by atoms with Gasteiger partial charge in [-0.15, -0.1) is 0 Å². The van der Waals surface area contributed by atoms with Gasteiger partial charge in [-0.25, -0.2) is 4.98 Å². The van der Waals surface area contributed by atoms with Gasteiger partial charge in [0, 0.05) is 6.20 Å². The molecule has 0 aliphatic rings. The number of halogens is 7. The van der Waals surface area contributed by atoms with Crippen molar-refractivity contribution in [2.45, 2.75) is 12.4 Å². The summed E-state index contributed by atoms with van der Waals surface area (Å²) in [5, 5.41) is -0.451. The fourth-order valence-corrected chi connectivity index (χ4v) is 1.68. The van der Waals surface area contributed by atoms with E-state index in [-0.39, 0.29) is 9.92 Å². The summed E-state index contributed by atoms with van der Waals surface area (Å²) >= 11 is 5.50. The lowest BCUT2D eigenvalue weighted by molar-refractivity contribution is -0.146. The summed E-state index contributed by atoms with van der Waals surface area (Å²) in [5.74, 6) is -1.45. The Morgan fingerprint density at radius 2 is 1.67 bits per heavy atom. The van der Waals surface area contributed by atoms with Crippen molar-refractivity contribution in [1.82, 2.24) is 9.38 Å². The van der Waals surface area contributed by atoms with Crippen LogP contribution in [-0.2, 0) is 12.4 Å². The maximum absolute atomic E-state index is 12.5. The van der Waals surface area contributed by atoms with Crippen molar-refractivity contribution >= 4 is 17.1 Å². The van der Waals surface area contributed by atoms with Gasteiger partial charge in [0.1, 0.15) is 0 Å². The molecule has 9 heteroatoms. The third kappa shape index (κ3) is 2.12. The fraction of sp³-hybridized carbons (Fsp3) is 0.222. The number of rotatable bonds is 0. The number of hydrogen-bond donors (Lipinski definition) is 0. The molecule has 0 fully saturated rings. The molecule has 0 saturated carbocycles. The van der Waals surface area contributed by atoms with Crippen molar-refractivity contribution in [3.8, 4) is 0 Å². The van der Waals surface area contributed by atoms with Crippen LogP contribution in [-0.4, -0.2) is 9.38 Å². The minimum Gasteiger partial charge on any atom is -0.294 e. The summed E-state index contributed by atoms with van der Waals surface area (Å²) in [6.07, 6.45) is -8.56. The van der Waals surface area contributed by atoms with E-state index in [4.69, 9.17) is 11.6 Å². The summed E-state index contributed by atoms with van der Waals surface area (Å²) < 4.78 is 75.2. The van der Waals surface area contributed by atoms with Crippen molar-refractivity contribution in [3.05, 3.63) is 34.9 Å². The lowest BCUT2D eigenvalue weighted by atomic mass is 10.2. The first-order chi connectivity index (χ1) is 8.10. The number of hydrogen-bond acceptors (Lipinski definition) is 1. The Balaban J connectivity index is 2.77. The average molecular weight is 289 g/mol. The lowest BCUT2D eigenvalue weighted by Gasteiger charge is -2.10. The molecule has 0 aliphatic carbocycles. The van der Waals surface area contributed by atoms with Gasteiger partial charge in [0.25, 0.3) is 0 Å². The minimum absolute atomic E-state index is 0.239. The quantitative estimate of drug-likeness (QED) is 0.669. The monoisotopic (exact) mass is 288 g/mol. The Morgan fingerprint density at radius 3 is 2.17 bits per heavy atom. The molecule has 0 spiro atoms. The van der Waals surface area contributed by atoms with Crippen molar-refractivity contribution in [1.29, 1.82) is 0 Å². The Hall–Kier alpha value is -1.44. The summed E-state index contributed by atoms with van der Waals surface area (Å²) in [7, 11) is 0. The molecule has 2 aromatic rings. The van der Waals surface area contributed by atoms with E-state index < -0.39 is 28.8 Å². The molecule has 2 rings (SSSR count). The van der Waals surface area contributed by atoms with E-state index >= 15 is 0 Å². The zero-order chi connectivity index (χ0) is 13.7. The van der Waals surface area contributed by atoms with Crippen molar-refractivity contribution in [3.63, 3.8) is 0 Å². The van der Waals surface area contributed by atoms with E-state index in [1.54, 1.807) is 0 Å². The zero-order valence-corrected chi connectivity index (χ0v) is 9.03. The van der Waals surface area contributed by atoms with Crippen LogP contribution in [0.5, 0.6) is 0 Å². The van der Waals surface area contributed by atoms with Crippen molar-refractivity contribution in [2.24, 2.45) is 0 Å². The van der Waals surface area contributed by atoms with E-state index in [0.29, 0.717) is 12.3 Å². The summed E-state index contributed by atoms with van der Waals surface area (Å²) in [6.45, 7) is 0. The molecule has 0 radical (unpaired) electrons. The largest absolute Gasteiger partial charge is 0.450 e. The number of pyridine rings is 1. The van der Waals surface area contributed by atoms with Crippen LogP contribution in [0.2, 0.25) is 5.02 Å². The normalized spacial score (nSPS) is 13.3. The maximum Gasteiger partial charge on any atom is 0.450 e. The first kappa shape index (κ1) is 13.0. The lowest BCUT2D eigenvalue weighted by Crippen LogP contribution is -2.13. The predicted octanol–water partition coefficient (Wildman–Crippen LogP) is 4.03. The second-order valence-corrected chi connectivity index (χ2v) is 3.82. The van der Waals surface area contributed by atoms with Gasteiger partial charge in [0.15, 0.2) is 0 Å². The highest BCUT2D eigenvalue weighted by molar-refractivity contribution is 6.33. The fourth-order valence-electron chi connectivity index (χ4n) is 1.42. The Morgan fingerprint density at radius 1 is 1.06 bits per heavy atom. The highest BCUT2D eigenvalue weighted by Crippen LogP contribution is 2.35. The Bertz CT molecular complexity index is 597. The van der Waals surface area contributed by atoms with Crippen LogP contribution in [0.4, 0.5) is 26.3 Å². The molecule has 2 nitrogen and oxygen atoms in total. The van der Waals surface area contributed by atoms with Gasteiger partial charge in [-0.05, 0) is 6.07 Å². The first-order valence-corrected chi connectivity index (χ1v) is 4.79. The van der Waals surface area contributed by atoms with Gasteiger partial charge < -0.3 is 0 Å². The van der Waals surface area contributed by atoms with Gasteiger partial charge in [0.05, 0.1) is 22.3 Å². The van der Waals surface area contributed by atoms with E-state index in [1.807, 2.05) is 0 Å². The number of aromatic nitrogens is 2. The standard InChI is InChI=1S/C9H3ClF6N2/c10-5-1-4(8(11,12)13)3-18-6(5)2-17-7(18)9(14,15)16/h1-3H. The summed E-state index contributed by atoms with van der Waals surface area (Å²) in [5.41, 5.74) is -1.51. The molecule has 0 atom stereocenters. The molecule has 2 heterocycles. The molecule has 98 valence electrons. The summed E-state index contributed by atoms with van der Waals surface area (Å²) in [6, 6.07) is 0.554. The number of alkyl halides is 6. The van der Waals surface area contributed by atoms with E-state index in [0.717, 1.165) is 6.20 Å². The molecule has 0 saturated heterocycles. The van der Waals surface area contributed by atoms with Gasteiger partial charge >= 0.3 is 12.4 Å². The second-order valence-electron chi connectivity index (χ2n) is 3.41. The maximum atomic E-state index is 12.5. The molecule has 0 aromatic carbocycles. The highest BCUT2D eigenvalue weighted by atomic mass is 35.5. The van der Waals surface area contributed by atoms with Crippen LogP contribution in [0.1, 0.15) is 11.4 Å². The molecule has 18 heavy (non-hydrogen) atoms. The minimum atomic E-state index is -4.86. The smallest absolute Gasteiger partial charge is 0.294 e. The van der Waals surface area contributed by atoms with Crippen LogP contribution in [0.15, 0.2) is 18.5 Å². The topological polar surface area (TPSA) is 17.3 Å². The zero-order valence-electron chi connectivity index (χ0n) is 8.27. The van der Waals surface area contributed by atoms with Crippen LogP contribution >= 0.6 is 11.6 Å². The number of fused-ring (bicyclic) bond motifs is 1. The first-order valence-electron chi connectivity index (χ1n) is 4.41. The molecule has 0 unspecified atom stereocenters. The second kappa shape index (κ2) is 3.78. The Kier molecular flexibility index (Phi) is 2.73. The Labute approximate surface area is 101 Å². The molecule has 0 amide bonds. The third-order valence-corrected chi connectivity index (χ3v) is 2.48. The van der Waals surface area contributed by atoms with Gasteiger partial charge in [-0.2, -0.15) is 26.3 Å². The molecule has 0 aliphatic heterocycles. The summed E-state index contributed by atoms with van der Waals surface area (Å²) in [4.78, 5) is 3.04. The van der Waals surface area contributed by atoms with Gasteiger partial charge in [-0.1, -0.05) is 11.6 Å².